The Morgan fingerprint density at radius 2 is 1.59 bits per heavy atom. The van der Waals surface area contributed by atoms with Gasteiger partial charge in [-0.05, 0) is 31.0 Å². The SMILES string of the molecule is CCCCN(CCCC)C(=O)NNC(=O)c1cccc(S(=O)(=O)N(C)C)c1. The van der Waals surface area contributed by atoms with E-state index in [1.165, 1.54) is 38.4 Å². The van der Waals surface area contributed by atoms with Crippen molar-refractivity contribution in [2.75, 3.05) is 27.2 Å². The van der Waals surface area contributed by atoms with Crippen LogP contribution in [0.15, 0.2) is 29.2 Å². The summed E-state index contributed by atoms with van der Waals surface area (Å²) in [5, 5.41) is 0. The minimum Gasteiger partial charge on any atom is -0.323 e. The van der Waals surface area contributed by atoms with Gasteiger partial charge in [-0.3, -0.25) is 10.2 Å². The van der Waals surface area contributed by atoms with E-state index in [4.69, 9.17) is 0 Å². The molecule has 27 heavy (non-hydrogen) atoms. The van der Waals surface area contributed by atoms with Gasteiger partial charge in [-0.25, -0.2) is 22.9 Å². The van der Waals surface area contributed by atoms with Gasteiger partial charge in [0.25, 0.3) is 5.91 Å². The molecule has 0 unspecified atom stereocenters. The summed E-state index contributed by atoms with van der Waals surface area (Å²) in [5.41, 5.74) is 4.90. The maximum Gasteiger partial charge on any atom is 0.336 e. The van der Waals surface area contributed by atoms with E-state index in [1.54, 1.807) is 4.90 Å². The molecule has 0 saturated carbocycles. The first-order chi connectivity index (χ1) is 12.7. The fraction of sp³-hybridized carbons (Fsp3) is 0.556. The number of unbranched alkanes of at least 4 members (excludes halogenated alkanes) is 2. The number of benzene rings is 1. The fourth-order valence-electron chi connectivity index (χ4n) is 2.28. The normalized spacial score (nSPS) is 11.3. The summed E-state index contributed by atoms with van der Waals surface area (Å²) in [5.74, 6) is -0.579. The molecule has 2 N–H and O–H groups in total. The van der Waals surface area contributed by atoms with Crippen molar-refractivity contribution in [2.45, 2.75) is 44.4 Å². The molecule has 0 aromatic heterocycles. The van der Waals surface area contributed by atoms with E-state index < -0.39 is 15.9 Å². The monoisotopic (exact) mass is 398 g/mol. The van der Waals surface area contributed by atoms with Gasteiger partial charge in [-0.1, -0.05) is 32.8 Å². The molecule has 0 spiro atoms. The Morgan fingerprint density at radius 3 is 2.11 bits per heavy atom. The predicted octanol–water partition coefficient (Wildman–Crippen LogP) is 2.19. The van der Waals surface area contributed by atoms with Crippen molar-refractivity contribution in [1.82, 2.24) is 20.1 Å². The molecule has 0 saturated heterocycles. The summed E-state index contributed by atoms with van der Waals surface area (Å²) >= 11 is 0. The molecule has 0 atom stereocenters. The van der Waals surface area contributed by atoms with Crippen LogP contribution in [0.3, 0.4) is 0 Å². The van der Waals surface area contributed by atoms with Crippen molar-refractivity contribution in [3.63, 3.8) is 0 Å². The molecule has 8 nitrogen and oxygen atoms in total. The van der Waals surface area contributed by atoms with E-state index in [0.717, 1.165) is 30.0 Å². The Bertz CT molecular complexity index is 727. The van der Waals surface area contributed by atoms with Crippen LogP contribution in [0.25, 0.3) is 0 Å². The van der Waals surface area contributed by atoms with Gasteiger partial charge in [0.1, 0.15) is 0 Å². The third kappa shape index (κ3) is 6.84. The smallest absolute Gasteiger partial charge is 0.323 e. The highest BCUT2D eigenvalue weighted by Gasteiger charge is 2.19. The van der Waals surface area contributed by atoms with Gasteiger partial charge in [-0.15, -0.1) is 0 Å². The maximum absolute atomic E-state index is 12.3. The molecule has 0 heterocycles. The third-order valence-electron chi connectivity index (χ3n) is 4.01. The number of nitrogens with one attached hydrogen (secondary N) is 2. The van der Waals surface area contributed by atoms with Crippen LogP contribution in [0.4, 0.5) is 4.79 Å². The van der Waals surface area contributed by atoms with Gasteiger partial charge >= 0.3 is 6.03 Å². The zero-order chi connectivity index (χ0) is 20.4. The van der Waals surface area contributed by atoms with E-state index in [2.05, 4.69) is 10.9 Å². The van der Waals surface area contributed by atoms with Crippen LogP contribution in [-0.2, 0) is 10.0 Å². The van der Waals surface area contributed by atoms with Crippen LogP contribution in [0.1, 0.15) is 49.9 Å². The predicted molar refractivity (Wildman–Crippen MR) is 105 cm³/mol. The van der Waals surface area contributed by atoms with E-state index in [1.807, 2.05) is 13.8 Å². The van der Waals surface area contributed by atoms with Gasteiger partial charge in [0.05, 0.1) is 4.90 Å². The molecule has 1 aromatic rings. The van der Waals surface area contributed by atoms with Crippen LogP contribution < -0.4 is 10.9 Å². The molecule has 152 valence electrons. The molecule has 3 amide bonds. The molecule has 1 rings (SSSR count). The van der Waals surface area contributed by atoms with Crippen molar-refractivity contribution in [3.8, 4) is 0 Å². The Morgan fingerprint density at radius 1 is 1.00 bits per heavy atom. The zero-order valence-corrected chi connectivity index (χ0v) is 17.3. The first-order valence-corrected chi connectivity index (χ1v) is 10.6. The molecule has 0 aliphatic rings. The average Bonchev–Trinajstić information content (AvgIpc) is 2.65. The first-order valence-electron chi connectivity index (χ1n) is 9.11. The van der Waals surface area contributed by atoms with Crippen LogP contribution in [-0.4, -0.2) is 56.7 Å². The maximum atomic E-state index is 12.3. The van der Waals surface area contributed by atoms with Crippen LogP contribution in [0.5, 0.6) is 0 Å². The van der Waals surface area contributed by atoms with Gasteiger partial charge in [0.15, 0.2) is 0 Å². The van der Waals surface area contributed by atoms with Gasteiger partial charge in [-0.2, -0.15) is 0 Å². The van der Waals surface area contributed by atoms with Crippen molar-refractivity contribution in [2.24, 2.45) is 0 Å². The molecule has 0 aliphatic carbocycles. The van der Waals surface area contributed by atoms with Crippen LogP contribution in [0.2, 0.25) is 0 Å². The van der Waals surface area contributed by atoms with Gasteiger partial charge in [0, 0.05) is 32.7 Å². The Kier molecular flexibility index (Phi) is 9.23. The molecular weight excluding hydrogens is 368 g/mol. The number of carbonyl (C=O) groups excluding carboxylic acids is 2. The first kappa shape index (κ1) is 22.9. The number of hydrazine groups is 1. The van der Waals surface area contributed by atoms with E-state index >= 15 is 0 Å². The number of hydrogen-bond donors (Lipinski definition) is 2. The van der Waals surface area contributed by atoms with Crippen molar-refractivity contribution in [1.29, 1.82) is 0 Å². The quantitative estimate of drug-likeness (QED) is 0.623. The second-order valence-electron chi connectivity index (χ2n) is 6.39. The number of urea groups is 1. The highest BCUT2D eigenvalue weighted by molar-refractivity contribution is 7.89. The molecular formula is C18H30N4O4S. The largest absolute Gasteiger partial charge is 0.336 e. The van der Waals surface area contributed by atoms with E-state index in [9.17, 15) is 18.0 Å². The fourth-order valence-corrected chi connectivity index (χ4v) is 3.23. The summed E-state index contributed by atoms with van der Waals surface area (Å²) in [4.78, 5) is 26.3. The van der Waals surface area contributed by atoms with E-state index in [0.29, 0.717) is 13.1 Å². The summed E-state index contributed by atoms with van der Waals surface area (Å²) in [6, 6.07) is 5.30. The molecule has 0 fully saturated rings. The summed E-state index contributed by atoms with van der Waals surface area (Å²) in [6.07, 6.45) is 3.70. The average molecular weight is 399 g/mol. The second kappa shape index (κ2) is 10.9. The topological polar surface area (TPSA) is 98.8 Å². The number of sulfonamides is 1. The standard InChI is InChI=1S/C18H30N4O4S/c1-5-7-12-22(13-8-6-2)18(24)20-19-17(23)15-10-9-11-16(14-15)27(25,26)21(3)4/h9-11,14H,5-8,12-13H2,1-4H3,(H,19,23)(H,20,24). The number of nitrogens with zero attached hydrogens (tertiary/aromatic N) is 2. The van der Waals surface area contributed by atoms with Gasteiger partial charge < -0.3 is 4.90 Å². The summed E-state index contributed by atoms with van der Waals surface area (Å²) in [6.45, 7) is 5.34. The minimum atomic E-state index is -3.64. The Balaban J connectivity index is 2.77. The molecule has 0 bridgehead atoms. The minimum absolute atomic E-state index is 0.0130. The van der Waals surface area contributed by atoms with Crippen molar-refractivity contribution >= 4 is 22.0 Å². The lowest BCUT2D eigenvalue weighted by molar-refractivity contribution is 0.0929. The van der Waals surface area contributed by atoms with Crippen LogP contribution >= 0.6 is 0 Å². The highest BCUT2D eigenvalue weighted by atomic mass is 32.2. The Labute approximate surface area is 161 Å². The van der Waals surface area contributed by atoms with Gasteiger partial charge in [0.2, 0.25) is 10.0 Å². The third-order valence-corrected chi connectivity index (χ3v) is 5.82. The second-order valence-corrected chi connectivity index (χ2v) is 8.55. The molecule has 0 aliphatic heterocycles. The number of carbonyl (C=O) groups is 2. The van der Waals surface area contributed by atoms with E-state index in [-0.39, 0.29) is 16.5 Å². The lowest BCUT2D eigenvalue weighted by Crippen LogP contribution is -2.49. The lowest BCUT2D eigenvalue weighted by Gasteiger charge is -2.23. The molecule has 1 aromatic carbocycles. The number of amides is 3. The number of rotatable bonds is 9. The number of hydrogen-bond acceptors (Lipinski definition) is 4. The van der Waals surface area contributed by atoms with Crippen LogP contribution in [0, 0.1) is 0 Å². The highest BCUT2D eigenvalue weighted by Crippen LogP contribution is 2.14. The zero-order valence-electron chi connectivity index (χ0n) is 16.5. The lowest BCUT2D eigenvalue weighted by atomic mass is 10.2. The Hall–Kier alpha value is -2.13. The molecule has 9 heteroatoms. The van der Waals surface area contributed by atoms with Crippen molar-refractivity contribution in [3.05, 3.63) is 29.8 Å². The summed E-state index contributed by atoms with van der Waals surface area (Å²) in [7, 11) is -0.800. The molecule has 0 radical (unpaired) electrons. The summed E-state index contributed by atoms with van der Waals surface area (Å²) < 4.78 is 25.4. The van der Waals surface area contributed by atoms with Crippen molar-refractivity contribution < 1.29 is 18.0 Å².